The Morgan fingerprint density at radius 2 is 2.18 bits per heavy atom. The van der Waals surface area contributed by atoms with Gasteiger partial charge in [-0.3, -0.25) is 4.90 Å². The molecule has 0 saturated carbocycles. The number of nitrogens with zero attached hydrogens (tertiary/aromatic N) is 1. The van der Waals surface area contributed by atoms with Gasteiger partial charge in [0.05, 0.1) is 6.04 Å². The first-order valence-corrected chi connectivity index (χ1v) is 3.41. The van der Waals surface area contributed by atoms with Gasteiger partial charge in [0.2, 0.25) is 0 Å². The average molecular weight is 187 g/mol. The molecule has 0 bridgehead atoms. The Kier molecular flexibility index (Phi) is 4.88. The summed E-state index contributed by atoms with van der Waals surface area (Å²) in [6.45, 7) is 1.95. The molecule has 1 heterocycles. The van der Waals surface area contributed by atoms with Gasteiger partial charge in [-0.1, -0.05) is 0 Å². The summed E-state index contributed by atoms with van der Waals surface area (Å²) >= 11 is 0. The molecule has 0 aromatic carbocycles. The standard InChI is InChI=1S/C6H12F2N2.ClH/c1-10-3-2-9-4-5(10)6(7)8;/h5-6,9H,2-4H2,1H3;1H/t5-;/m1./s1. The van der Waals surface area contributed by atoms with Crippen LogP contribution in [0.25, 0.3) is 0 Å². The molecular weight excluding hydrogens is 174 g/mol. The monoisotopic (exact) mass is 186 g/mol. The fourth-order valence-electron chi connectivity index (χ4n) is 1.11. The maximum Gasteiger partial charge on any atom is 0.255 e. The van der Waals surface area contributed by atoms with E-state index in [9.17, 15) is 8.78 Å². The van der Waals surface area contributed by atoms with Gasteiger partial charge >= 0.3 is 0 Å². The minimum absolute atomic E-state index is 0. The molecule has 0 aromatic rings. The second kappa shape index (κ2) is 4.85. The first kappa shape index (κ1) is 11.1. The first-order valence-electron chi connectivity index (χ1n) is 3.41. The molecule has 1 N–H and O–H groups in total. The third kappa shape index (κ3) is 2.89. The second-order valence-electron chi connectivity index (χ2n) is 2.59. The number of piperazine rings is 1. The molecule has 0 aliphatic carbocycles. The Hall–Kier alpha value is 0.0700. The molecule has 11 heavy (non-hydrogen) atoms. The number of rotatable bonds is 1. The van der Waals surface area contributed by atoms with Crippen LogP contribution in [0, 0.1) is 0 Å². The van der Waals surface area contributed by atoms with E-state index in [1.165, 1.54) is 0 Å². The zero-order valence-corrected chi connectivity index (χ0v) is 7.20. The molecule has 1 rings (SSSR count). The molecule has 1 fully saturated rings. The van der Waals surface area contributed by atoms with Crippen LogP contribution in [-0.2, 0) is 0 Å². The Labute approximate surface area is 71.4 Å². The zero-order valence-electron chi connectivity index (χ0n) is 6.39. The van der Waals surface area contributed by atoms with Gasteiger partial charge in [-0.15, -0.1) is 12.4 Å². The van der Waals surface area contributed by atoms with Gasteiger partial charge in [-0.25, -0.2) is 8.78 Å². The van der Waals surface area contributed by atoms with E-state index in [1.54, 1.807) is 11.9 Å². The van der Waals surface area contributed by atoms with E-state index >= 15 is 0 Å². The van der Waals surface area contributed by atoms with Crippen molar-refractivity contribution < 1.29 is 8.78 Å². The van der Waals surface area contributed by atoms with Gasteiger partial charge < -0.3 is 5.32 Å². The molecule has 0 spiro atoms. The van der Waals surface area contributed by atoms with Crippen molar-refractivity contribution in [1.82, 2.24) is 10.2 Å². The van der Waals surface area contributed by atoms with Crippen molar-refractivity contribution in [1.29, 1.82) is 0 Å². The third-order valence-corrected chi connectivity index (χ3v) is 1.85. The topological polar surface area (TPSA) is 15.3 Å². The smallest absolute Gasteiger partial charge is 0.255 e. The summed E-state index contributed by atoms with van der Waals surface area (Å²) in [6.07, 6.45) is -2.22. The van der Waals surface area contributed by atoms with E-state index in [4.69, 9.17) is 0 Å². The van der Waals surface area contributed by atoms with Crippen molar-refractivity contribution in [3.63, 3.8) is 0 Å². The molecule has 1 atom stereocenters. The van der Waals surface area contributed by atoms with E-state index in [0.717, 1.165) is 13.1 Å². The number of hydrogen-bond donors (Lipinski definition) is 1. The Bertz CT molecular complexity index is 113. The maximum atomic E-state index is 12.1. The van der Waals surface area contributed by atoms with Crippen LogP contribution in [0.2, 0.25) is 0 Å². The highest BCUT2D eigenvalue weighted by atomic mass is 35.5. The van der Waals surface area contributed by atoms with Crippen LogP contribution in [0.4, 0.5) is 8.78 Å². The molecule has 2 nitrogen and oxygen atoms in total. The predicted octanol–water partition coefficient (Wildman–Crippen LogP) is 0.577. The van der Waals surface area contributed by atoms with Crippen LogP contribution < -0.4 is 5.32 Å². The predicted molar refractivity (Wildman–Crippen MR) is 42.5 cm³/mol. The van der Waals surface area contributed by atoms with Gasteiger partial charge in [-0.05, 0) is 7.05 Å². The van der Waals surface area contributed by atoms with E-state index in [-0.39, 0.29) is 12.4 Å². The van der Waals surface area contributed by atoms with Crippen molar-refractivity contribution in [3.8, 4) is 0 Å². The summed E-state index contributed by atoms with van der Waals surface area (Å²) in [6, 6.07) is -0.589. The van der Waals surface area contributed by atoms with Gasteiger partial charge in [0, 0.05) is 19.6 Å². The first-order chi connectivity index (χ1) is 4.72. The molecule has 1 saturated heterocycles. The van der Waals surface area contributed by atoms with Crippen LogP contribution in [0.5, 0.6) is 0 Å². The highest BCUT2D eigenvalue weighted by Crippen LogP contribution is 2.08. The summed E-state index contributed by atoms with van der Waals surface area (Å²) in [4.78, 5) is 1.70. The molecule has 1 aliphatic heterocycles. The number of hydrogen-bond acceptors (Lipinski definition) is 2. The van der Waals surface area contributed by atoms with Crippen molar-refractivity contribution in [2.75, 3.05) is 26.7 Å². The quantitative estimate of drug-likeness (QED) is 0.645. The second-order valence-corrected chi connectivity index (χ2v) is 2.59. The number of halogens is 3. The van der Waals surface area contributed by atoms with E-state index in [2.05, 4.69) is 5.32 Å². The molecule has 0 aromatic heterocycles. The summed E-state index contributed by atoms with van der Waals surface area (Å²) in [5, 5.41) is 2.92. The third-order valence-electron chi connectivity index (χ3n) is 1.85. The molecule has 0 unspecified atom stereocenters. The summed E-state index contributed by atoms with van der Waals surface area (Å²) < 4.78 is 24.2. The van der Waals surface area contributed by atoms with Crippen molar-refractivity contribution >= 4 is 12.4 Å². The largest absolute Gasteiger partial charge is 0.314 e. The molecular formula is C6H13ClF2N2. The highest BCUT2D eigenvalue weighted by Gasteiger charge is 2.26. The van der Waals surface area contributed by atoms with Gasteiger partial charge in [-0.2, -0.15) is 0 Å². The van der Waals surface area contributed by atoms with Crippen LogP contribution in [0.1, 0.15) is 0 Å². The SMILES string of the molecule is CN1CCNC[C@@H]1C(F)F.Cl. The fourth-order valence-corrected chi connectivity index (χ4v) is 1.11. The van der Waals surface area contributed by atoms with Gasteiger partial charge in [0.25, 0.3) is 6.43 Å². The lowest BCUT2D eigenvalue weighted by molar-refractivity contribution is 0.0260. The summed E-state index contributed by atoms with van der Waals surface area (Å²) in [7, 11) is 1.73. The van der Waals surface area contributed by atoms with E-state index < -0.39 is 12.5 Å². The molecule has 0 radical (unpaired) electrons. The maximum absolute atomic E-state index is 12.1. The van der Waals surface area contributed by atoms with Crippen LogP contribution in [0.15, 0.2) is 0 Å². The van der Waals surface area contributed by atoms with Crippen molar-refractivity contribution in [2.45, 2.75) is 12.5 Å². The Balaban J connectivity index is 0.000001000. The summed E-state index contributed by atoms with van der Waals surface area (Å²) in [5.74, 6) is 0. The van der Waals surface area contributed by atoms with E-state index in [1.807, 2.05) is 0 Å². The highest BCUT2D eigenvalue weighted by molar-refractivity contribution is 5.85. The lowest BCUT2D eigenvalue weighted by Crippen LogP contribution is -2.52. The number of likely N-dealkylation sites (N-methyl/N-ethyl adjacent to an activating group) is 1. The van der Waals surface area contributed by atoms with Crippen LogP contribution in [0.3, 0.4) is 0 Å². The summed E-state index contributed by atoms with van der Waals surface area (Å²) in [5.41, 5.74) is 0. The zero-order chi connectivity index (χ0) is 7.56. The van der Waals surface area contributed by atoms with Crippen molar-refractivity contribution in [3.05, 3.63) is 0 Å². The van der Waals surface area contributed by atoms with Gasteiger partial charge in [0.1, 0.15) is 0 Å². The Morgan fingerprint density at radius 1 is 1.55 bits per heavy atom. The lowest BCUT2D eigenvalue weighted by atomic mass is 10.2. The van der Waals surface area contributed by atoms with Crippen LogP contribution >= 0.6 is 12.4 Å². The van der Waals surface area contributed by atoms with Gasteiger partial charge in [0.15, 0.2) is 0 Å². The molecule has 68 valence electrons. The lowest BCUT2D eigenvalue weighted by Gasteiger charge is -2.32. The fraction of sp³-hybridized carbons (Fsp3) is 1.00. The molecule has 5 heteroatoms. The minimum Gasteiger partial charge on any atom is -0.314 e. The van der Waals surface area contributed by atoms with E-state index in [0.29, 0.717) is 6.54 Å². The average Bonchev–Trinajstić information content (AvgIpc) is 1.88. The Morgan fingerprint density at radius 3 is 2.55 bits per heavy atom. The molecule has 1 aliphatic rings. The van der Waals surface area contributed by atoms with Crippen molar-refractivity contribution in [2.24, 2.45) is 0 Å². The van der Waals surface area contributed by atoms with Crippen LogP contribution in [-0.4, -0.2) is 44.0 Å². The minimum atomic E-state index is -2.22. The molecule has 0 amide bonds. The number of nitrogens with one attached hydrogen (secondary N) is 1. The number of alkyl halides is 2. The normalized spacial score (nSPS) is 26.7.